The first-order chi connectivity index (χ1) is 11.7. The molecule has 5 nitrogen and oxygen atoms in total. The maximum atomic E-state index is 12.2. The zero-order valence-corrected chi connectivity index (χ0v) is 14.1. The van der Waals surface area contributed by atoms with Crippen LogP contribution in [-0.4, -0.2) is 22.1 Å². The van der Waals surface area contributed by atoms with Crippen LogP contribution in [0.4, 0.5) is 5.82 Å². The predicted molar refractivity (Wildman–Crippen MR) is 94.9 cm³/mol. The van der Waals surface area contributed by atoms with E-state index >= 15 is 0 Å². The fourth-order valence-electron chi connectivity index (χ4n) is 3.08. The number of nitrogens with zero attached hydrogens (tertiary/aromatic N) is 2. The molecule has 0 unspecified atom stereocenters. The van der Waals surface area contributed by atoms with Crippen LogP contribution < -0.4 is 10.6 Å². The van der Waals surface area contributed by atoms with E-state index in [0.717, 1.165) is 11.4 Å². The molecule has 1 fully saturated rings. The molecule has 0 atom stereocenters. The minimum absolute atomic E-state index is 0.201. The van der Waals surface area contributed by atoms with Gasteiger partial charge in [0.05, 0.1) is 0 Å². The molecule has 0 radical (unpaired) electrons. The van der Waals surface area contributed by atoms with Crippen LogP contribution in [0.2, 0.25) is 0 Å². The van der Waals surface area contributed by atoms with Gasteiger partial charge in [-0.3, -0.25) is 4.79 Å². The van der Waals surface area contributed by atoms with Gasteiger partial charge in [-0.15, -0.1) is 10.2 Å². The summed E-state index contributed by atoms with van der Waals surface area (Å²) in [6, 6.07) is 12.1. The van der Waals surface area contributed by atoms with Gasteiger partial charge in [0.25, 0.3) is 5.91 Å². The van der Waals surface area contributed by atoms with Gasteiger partial charge in [0.2, 0.25) is 0 Å². The van der Waals surface area contributed by atoms with E-state index in [1.54, 1.807) is 6.07 Å². The van der Waals surface area contributed by atoms with Crippen LogP contribution >= 0.6 is 0 Å². The summed E-state index contributed by atoms with van der Waals surface area (Å²) in [4.78, 5) is 12.2. The van der Waals surface area contributed by atoms with Crippen LogP contribution in [0.5, 0.6) is 0 Å². The van der Waals surface area contributed by atoms with Gasteiger partial charge in [-0.2, -0.15) is 0 Å². The van der Waals surface area contributed by atoms with E-state index in [9.17, 15) is 4.79 Å². The van der Waals surface area contributed by atoms with Crippen molar-refractivity contribution in [1.29, 1.82) is 0 Å². The SMILES string of the molecule is Cc1cccc(CNC(=O)c2ccc(NC3CCCCC3)nn2)c1. The molecule has 5 heteroatoms. The fourth-order valence-corrected chi connectivity index (χ4v) is 3.08. The van der Waals surface area contributed by atoms with Crippen LogP contribution in [0.25, 0.3) is 0 Å². The first kappa shape index (κ1) is 16.4. The minimum Gasteiger partial charge on any atom is -0.366 e. The van der Waals surface area contributed by atoms with Gasteiger partial charge in [0, 0.05) is 12.6 Å². The largest absolute Gasteiger partial charge is 0.366 e. The number of carbonyl (C=O) groups excluding carboxylic acids is 1. The van der Waals surface area contributed by atoms with Crippen molar-refractivity contribution in [3.8, 4) is 0 Å². The van der Waals surface area contributed by atoms with Gasteiger partial charge in [-0.05, 0) is 37.5 Å². The molecule has 1 aliphatic rings. The smallest absolute Gasteiger partial charge is 0.272 e. The molecule has 3 rings (SSSR count). The van der Waals surface area contributed by atoms with E-state index in [1.807, 2.05) is 31.2 Å². The van der Waals surface area contributed by atoms with E-state index < -0.39 is 0 Å². The molecule has 0 bridgehead atoms. The topological polar surface area (TPSA) is 66.9 Å². The Balaban J connectivity index is 1.53. The van der Waals surface area contributed by atoms with Crippen molar-refractivity contribution in [1.82, 2.24) is 15.5 Å². The molecule has 1 heterocycles. The zero-order chi connectivity index (χ0) is 16.8. The van der Waals surface area contributed by atoms with Crippen LogP contribution in [0.3, 0.4) is 0 Å². The Hall–Kier alpha value is -2.43. The average molecular weight is 324 g/mol. The monoisotopic (exact) mass is 324 g/mol. The maximum absolute atomic E-state index is 12.2. The van der Waals surface area contributed by atoms with Gasteiger partial charge in [0.1, 0.15) is 5.82 Å². The molecular weight excluding hydrogens is 300 g/mol. The minimum atomic E-state index is -0.201. The molecule has 1 amide bonds. The molecular formula is C19H24N4O. The Bertz CT molecular complexity index is 678. The summed E-state index contributed by atoms with van der Waals surface area (Å²) in [6.07, 6.45) is 6.22. The lowest BCUT2D eigenvalue weighted by Crippen LogP contribution is -2.25. The summed E-state index contributed by atoms with van der Waals surface area (Å²) >= 11 is 0. The van der Waals surface area contributed by atoms with E-state index in [-0.39, 0.29) is 5.91 Å². The first-order valence-electron chi connectivity index (χ1n) is 8.65. The van der Waals surface area contributed by atoms with E-state index in [2.05, 4.69) is 26.9 Å². The molecule has 1 aromatic carbocycles. The van der Waals surface area contributed by atoms with E-state index in [4.69, 9.17) is 0 Å². The summed E-state index contributed by atoms with van der Waals surface area (Å²) in [5.41, 5.74) is 2.60. The lowest BCUT2D eigenvalue weighted by Gasteiger charge is -2.22. The number of carbonyl (C=O) groups is 1. The van der Waals surface area contributed by atoms with Crippen molar-refractivity contribution in [3.63, 3.8) is 0 Å². The summed E-state index contributed by atoms with van der Waals surface area (Å²) in [5, 5.41) is 14.5. The van der Waals surface area contributed by atoms with Crippen molar-refractivity contribution < 1.29 is 4.79 Å². The third kappa shape index (κ3) is 4.54. The number of aromatic nitrogens is 2. The zero-order valence-electron chi connectivity index (χ0n) is 14.1. The summed E-state index contributed by atoms with van der Waals surface area (Å²) < 4.78 is 0. The highest BCUT2D eigenvalue weighted by atomic mass is 16.1. The Morgan fingerprint density at radius 2 is 1.96 bits per heavy atom. The van der Waals surface area contributed by atoms with Crippen molar-refractivity contribution >= 4 is 11.7 Å². The summed E-state index contributed by atoms with van der Waals surface area (Å²) in [6.45, 7) is 2.53. The van der Waals surface area contributed by atoms with Gasteiger partial charge in [-0.1, -0.05) is 49.1 Å². The second-order valence-electron chi connectivity index (χ2n) is 6.45. The molecule has 2 N–H and O–H groups in total. The lowest BCUT2D eigenvalue weighted by atomic mass is 9.95. The van der Waals surface area contributed by atoms with Crippen LogP contribution in [0.1, 0.15) is 53.7 Å². The van der Waals surface area contributed by atoms with Gasteiger partial charge < -0.3 is 10.6 Å². The number of aryl methyl sites for hydroxylation is 1. The number of nitrogens with one attached hydrogen (secondary N) is 2. The van der Waals surface area contributed by atoms with E-state index in [0.29, 0.717) is 18.3 Å². The highest BCUT2D eigenvalue weighted by Crippen LogP contribution is 2.20. The van der Waals surface area contributed by atoms with Crippen molar-refractivity contribution in [2.45, 2.75) is 51.6 Å². The summed E-state index contributed by atoms with van der Waals surface area (Å²) in [5.74, 6) is 0.547. The Morgan fingerprint density at radius 3 is 2.67 bits per heavy atom. The molecule has 1 aliphatic carbocycles. The number of anilines is 1. The highest BCUT2D eigenvalue weighted by Gasteiger charge is 2.14. The van der Waals surface area contributed by atoms with E-state index in [1.165, 1.54) is 37.7 Å². The number of hydrogen-bond donors (Lipinski definition) is 2. The Morgan fingerprint density at radius 1 is 1.12 bits per heavy atom. The number of hydrogen-bond acceptors (Lipinski definition) is 4. The number of benzene rings is 1. The molecule has 1 aromatic heterocycles. The third-order valence-electron chi connectivity index (χ3n) is 4.39. The van der Waals surface area contributed by atoms with Gasteiger partial charge in [0.15, 0.2) is 5.69 Å². The van der Waals surface area contributed by atoms with Crippen LogP contribution in [0.15, 0.2) is 36.4 Å². The normalized spacial score (nSPS) is 15.0. The second-order valence-corrected chi connectivity index (χ2v) is 6.45. The van der Waals surface area contributed by atoms with Crippen LogP contribution in [-0.2, 0) is 6.54 Å². The molecule has 2 aromatic rings. The molecule has 1 saturated carbocycles. The Kier molecular flexibility index (Phi) is 5.41. The third-order valence-corrected chi connectivity index (χ3v) is 4.39. The van der Waals surface area contributed by atoms with Crippen molar-refractivity contribution in [2.24, 2.45) is 0 Å². The molecule has 0 saturated heterocycles. The molecule has 24 heavy (non-hydrogen) atoms. The fraction of sp³-hybridized carbons (Fsp3) is 0.421. The molecule has 0 aliphatic heterocycles. The average Bonchev–Trinajstić information content (AvgIpc) is 2.61. The van der Waals surface area contributed by atoms with Gasteiger partial charge >= 0.3 is 0 Å². The second kappa shape index (κ2) is 7.90. The Labute approximate surface area is 142 Å². The number of rotatable bonds is 5. The number of amides is 1. The molecule has 0 spiro atoms. The maximum Gasteiger partial charge on any atom is 0.272 e. The first-order valence-corrected chi connectivity index (χ1v) is 8.65. The summed E-state index contributed by atoms with van der Waals surface area (Å²) in [7, 11) is 0. The van der Waals surface area contributed by atoms with Crippen LogP contribution in [0, 0.1) is 6.92 Å². The lowest BCUT2D eigenvalue weighted by molar-refractivity contribution is 0.0945. The standard InChI is InChI=1S/C19H24N4O/c1-14-6-5-7-15(12-14)13-20-19(24)17-10-11-18(23-22-17)21-16-8-3-2-4-9-16/h5-7,10-12,16H,2-4,8-9,13H2,1H3,(H,20,24)(H,21,23). The quantitative estimate of drug-likeness (QED) is 0.884. The van der Waals surface area contributed by atoms with Crippen molar-refractivity contribution in [2.75, 3.05) is 5.32 Å². The molecule has 126 valence electrons. The highest BCUT2D eigenvalue weighted by molar-refractivity contribution is 5.92. The van der Waals surface area contributed by atoms with Crippen molar-refractivity contribution in [3.05, 3.63) is 53.2 Å². The predicted octanol–water partition coefficient (Wildman–Crippen LogP) is 3.46. The van der Waals surface area contributed by atoms with Gasteiger partial charge in [-0.25, -0.2) is 0 Å².